The van der Waals surface area contributed by atoms with Crippen LogP contribution < -0.4 is 0 Å². The van der Waals surface area contributed by atoms with Gasteiger partial charge in [-0.25, -0.2) is 4.79 Å². The standard InChI is InChI=1S/C12H19N3O3S/c1-12(2,3)18-11(17)15-6-4-14(5-7-15)10-13-9(16)8-19-10/h4-8H2,1-3H3. The van der Waals surface area contributed by atoms with E-state index in [1.807, 2.05) is 20.8 Å². The normalized spacial score (nSPS) is 20.6. The van der Waals surface area contributed by atoms with E-state index in [4.69, 9.17) is 4.74 Å². The van der Waals surface area contributed by atoms with Crippen molar-refractivity contribution in [1.82, 2.24) is 9.80 Å². The molecule has 2 aliphatic rings. The fourth-order valence-electron chi connectivity index (χ4n) is 1.87. The zero-order valence-corrected chi connectivity index (χ0v) is 12.3. The minimum Gasteiger partial charge on any atom is -0.444 e. The molecular weight excluding hydrogens is 266 g/mol. The van der Waals surface area contributed by atoms with E-state index < -0.39 is 5.60 Å². The van der Waals surface area contributed by atoms with Gasteiger partial charge in [0.05, 0.1) is 5.75 Å². The highest BCUT2D eigenvalue weighted by atomic mass is 32.2. The van der Waals surface area contributed by atoms with Gasteiger partial charge in [-0.1, -0.05) is 11.8 Å². The zero-order valence-electron chi connectivity index (χ0n) is 11.5. The van der Waals surface area contributed by atoms with Crippen LogP contribution in [0.5, 0.6) is 0 Å². The highest BCUT2D eigenvalue weighted by molar-refractivity contribution is 8.14. The Kier molecular flexibility index (Phi) is 4.03. The van der Waals surface area contributed by atoms with Crippen LogP contribution in [-0.2, 0) is 9.53 Å². The molecule has 0 spiro atoms. The summed E-state index contributed by atoms with van der Waals surface area (Å²) in [5, 5.41) is 0.786. The summed E-state index contributed by atoms with van der Waals surface area (Å²) in [5.74, 6) is 0.358. The Morgan fingerprint density at radius 3 is 2.37 bits per heavy atom. The summed E-state index contributed by atoms with van der Waals surface area (Å²) in [6.07, 6.45) is -0.274. The highest BCUT2D eigenvalue weighted by Gasteiger charge is 2.28. The number of ether oxygens (including phenoxy) is 1. The molecule has 0 atom stereocenters. The van der Waals surface area contributed by atoms with Gasteiger partial charge in [0.15, 0.2) is 5.17 Å². The van der Waals surface area contributed by atoms with E-state index in [0.29, 0.717) is 31.9 Å². The second-order valence-electron chi connectivity index (χ2n) is 5.53. The van der Waals surface area contributed by atoms with Gasteiger partial charge < -0.3 is 14.5 Å². The molecule has 0 aromatic rings. The number of piperazine rings is 1. The van der Waals surface area contributed by atoms with Crippen molar-refractivity contribution in [2.24, 2.45) is 4.99 Å². The first kappa shape index (κ1) is 14.2. The lowest BCUT2D eigenvalue weighted by atomic mass is 10.2. The molecule has 106 valence electrons. The molecule has 6 nitrogen and oxygen atoms in total. The Bertz CT molecular complexity index is 409. The molecule has 7 heteroatoms. The molecule has 0 saturated carbocycles. The molecule has 0 aromatic carbocycles. The van der Waals surface area contributed by atoms with Crippen molar-refractivity contribution in [3.63, 3.8) is 0 Å². The molecule has 0 N–H and O–H groups in total. The van der Waals surface area contributed by atoms with Crippen molar-refractivity contribution in [3.05, 3.63) is 0 Å². The number of thioether (sulfide) groups is 1. The van der Waals surface area contributed by atoms with E-state index in [0.717, 1.165) is 5.17 Å². The van der Waals surface area contributed by atoms with Crippen LogP contribution in [0.4, 0.5) is 4.79 Å². The second-order valence-corrected chi connectivity index (χ2v) is 6.47. The molecule has 0 aromatic heterocycles. The van der Waals surface area contributed by atoms with Crippen molar-refractivity contribution in [2.75, 3.05) is 31.9 Å². The third-order valence-electron chi connectivity index (χ3n) is 2.75. The van der Waals surface area contributed by atoms with E-state index >= 15 is 0 Å². The number of nitrogens with zero attached hydrogens (tertiary/aromatic N) is 3. The van der Waals surface area contributed by atoms with Gasteiger partial charge in [-0.3, -0.25) is 4.79 Å². The SMILES string of the molecule is CC(C)(C)OC(=O)N1CCN(C2=NC(=O)CS2)CC1. The van der Waals surface area contributed by atoms with Crippen LogP contribution in [0.15, 0.2) is 4.99 Å². The highest BCUT2D eigenvalue weighted by Crippen LogP contribution is 2.19. The molecule has 2 heterocycles. The molecule has 2 aliphatic heterocycles. The topological polar surface area (TPSA) is 62.2 Å². The van der Waals surface area contributed by atoms with Crippen LogP contribution in [0.1, 0.15) is 20.8 Å². The van der Waals surface area contributed by atoms with Crippen LogP contribution in [0.2, 0.25) is 0 Å². The molecule has 2 amide bonds. The van der Waals surface area contributed by atoms with E-state index in [1.54, 1.807) is 4.90 Å². The summed E-state index contributed by atoms with van der Waals surface area (Å²) in [5.41, 5.74) is -0.466. The summed E-state index contributed by atoms with van der Waals surface area (Å²) in [7, 11) is 0. The maximum Gasteiger partial charge on any atom is 0.410 e. The van der Waals surface area contributed by atoms with E-state index in [-0.39, 0.29) is 12.0 Å². The third-order valence-corrected chi connectivity index (χ3v) is 3.75. The Labute approximate surface area is 117 Å². The number of carbonyl (C=O) groups excluding carboxylic acids is 2. The predicted octanol–water partition coefficient (Wildman–Crippen LogP) is 1.17. The summed E-state index contributed by atoms with van der Waals surface area (Å²) in [4.78, 5) is 30.7. The minimum atomic E-state index is -0.466. The first-order chi connectivity index (χ1) is 8.85. The number of aliphatic imine (C=N–C) groups is 1. The van der Waals surface area contributed by atoms with E-state index in [1.165, 1.54) is 11.8 Å². The first-order valence-electron chi connectivity index (χ1n) is 6.32. The number of amidine groups is 1. The predicted molar refractivity (Wildman–Crippen MR) is 74.3 cm³/mol. The van der Waals surface area contributed by atoms with Crippen molar-refractivity contribution in [3.8, 4) is 0 Å². The van der Waals surface area contributed by atoms with Crippen LogP contribution in [0.3, 0.4) is 0 Å². The molecule has 0 bridgehead atoms. The average molecular weight is 285 g/mol. The number of rotatable bonds is 0. The van der Waals surface area contributed by atoms with Crippen LogP contribution in [0.25, 0.3) is 0 Å². The van der Waals surface area contributed by atoms with Crippen LogP contribution in [0, 0.1) is 0 Å². The summed E-state index contributed by atoms with van der Waals surface area (Å²) >= 11 is 1.47. The quantitative estimate of drug-likeness (QED) is 0.668. The van der Waals surface area contributed by atoms with Gasteiger partial charge in [-0.2, -0.15) is 4.99 Å². The molecule has 0 aliphatic carbocycles. The molecule has 2 rings (SSSR count). The molecule has 0 radical (unpaired) electrons. The Balaban J connectivity index is 1.84. The fourth-order valence-corrected chi connectivity index (χ4v) is 2.71. The molecule has 0 unspecified atom stereocenters. The summed E-state index contributed by atoms with van der Waals surface area (Å²) in [6, 6.07) is 0. The monoisotopic (exact) mass is 285 g/mol. The van der Waals surface area contributed by atoms with Gasteiger partial charge in [-0.05, 0) is 20.8 Å². The summed E-state index contributed by atoms with van der Waals surface area (Å²) < 4.78 is 5.33. The maximum absolute atomic E-state index is 11.9. The largest absolute Gasteiger partial charge is 0.444 e. The Morgan fingerprint density at radius 1 is 1.26 bits per heavy atom. The van der Waals surface area contributed by atoms with Crippen LogP contribution >= 0.6 is 11.8 Å². The molecule has 19 heavy (non-hydrogen) atoms. The van der Waals surface area contributed by atoms with Crippen molar-refractivity contribution in [2.45, 2.75) is 26.4 Å². The van der Waals surface area contributed by atoms with Crippen molar-refractivity contribution < 1.29 is 14.3 Å². The number of hydrogen-bond donors (Lipinski definition) is 0. The zero-order chi connectivity index (χ0) is 14.0. The number of amides is 2. The lowest BCUT2D eigenvalue weighted by molar-refractivity contribution is -0.115. The van der Waals surface area contributed by atoms with E-state index in [9.17, 15) is 9.59 Å². The van der Waals surface area contributed by atoms with E-state index in [2.05, 4.69) is 9.89 Å². The fraction of sp³-hybridized carbons (Fsp3) is 0.750. The van der Waals surface area contributed by atoms with Crippen molar-refractivity contribution >= 4 is 28.9 Å². The van der Waals surface area contributed by atoms with Gasteiger partial charge in [0.2, 0.25) is 0 Å². The lowest BCUT2D eigenvalue weighted by Gasteiger charge is -2.36. The van der Waals surface area contributed by atoms with Crippen molar-refractivity contribution in [1.29, 1.82) is 0 Å². The minimum absolute atomic E-state index is 0.0745. The first-order valence-corrected chi connectivity index (χ1v) is 7.31. The van der Waals surface area contributed by atoms with Gasteiger partial charge in [0, 0.05) is 26.2 Å². The average Bonchev–Trinajstić information content (AvgIpc) is 2.74. The molecule has 1 fully saturated rings. The van der Waals surface area contributed by atoms with Gasteiger partial charge in [0.1, 0.15) is 5.60 Å². The van der Waals surface area contributed by atoms with Gasteiger partial charge in [-0.15, -0.1) is 0 Å². The Hall–Kier alpha value is -1.24. The number of carbonyl (C=O) groups is 2. The maximum atomic E-state index is 11.9. The lowest BCUT2D eigenvalue weighted by Crippen LogP contribution is -2.51. The summed E-state index contributed by atoms with van der Waals surface area (Å²) in [6.45, 7) is 8.16. The van der Waals surface area contributed by atoms with Gasteiger partial charge in [0.25, 0.3) is 5.91 Å². The second kappa shape index (κ2) is 5.40. The molecular formula is C12H19N3O3S. The van der Waals surface area contributed by atoms with Crippen LogP contribution in [-0.4, -0.2) is 64.5 Å². The third kappa shape index (κ3) is 3.86. The molecule has 1 saturated heterocycles. The number of hydrogen-bond acceptors (Lipinski definition) is 5. The smallest absolute Gasteiger partial charge is 0.410 e. The Morgan fingerprint density at radius 2 is 1.89 bits per heavy atom. The van der Waals surface area contributed by atoms with Gasteiger partial charge >= 0.3 is 6.09 Å².